The van der Waals surface area contributed by atoms with Gasteiger partial charge in [0.1, 0.15) is 6.04 Å². The maximum Gasteiger partial charge on any atom is 0.124 e. The molecule has 1 rings (SSSR count). The van der Waals surface area contributed by atoms with E-state index in [4.69, 9.17) is 5.26 Å². The van der Waals surface area contributed by atoms with E-state index in [1.807, 2.05) is 14.0 Å². The molecule has 0 aliphatic heterocycles. The van der Waals surface area contributed by atoms with Gasteiger partial charge in [0.2, 0.25) is 0 Å². The normalized spacial score (nSPS) is 14.6. The molecule has 1 aromatic heterocycles. The van der Waals surface area contributed by atoms with E-state index >= 15 is 0 Å². The first-order chi connectivity index (χ1) is 7.10. The summed E-state index contributed by atoms with van der Waals surface area (Å²) in [5.41, 5.74) is 2.01. The van der Waals surface area contributed by atoms with E-state index < -0.39 is 0 Å². The van der Waals surface area contributed by atoms with E-state index in [9.17, 15) is 0 Å². The molecule has 0 saturated carbocycles. The molecule has 1 heterocycles. The van der Waals surface area contributed by atoms with Crippen LogP contribution in [0.4, 0.5) is 0 Å². The van der Waals surface area contributed by atoms with Crippen molar-refractivity contribution in [2.45, 2.75) is 39.3 Å². The van der Waals surface area contributed by atoms with Crippen LogP contribution < -0.4 is 5.32 Å². The van der Waals surface area contributed by atoms with Gasteiger partial charge >= 0.3 is 0 Å². The summed E-state index contributed by atoms with van der Waals surface area (Å²) >= 11 is 0. The molecule has 82 valence electrons. The van der Waals surface area contributed by atoms with Crippen LogP contribution in [0.25, 0.3) is 0 Å². The van der Waals surface area contributed by atoms with Gasteiger partial charge in [-0.2, -0.15) is 10.4 Å². The second-order valence-electron chi connectivity index (χ2n) is 3.85. The predicted molar refractivity (Wildman–Crippen MR) is 59.2 cm³/mol. The minimum atomic E-state index is -0.256. The molecule has 2 atom stereocenters. The Kier molecular flexibility index (Phi) is 3.87. The van der Waals surface area contributed by atoms with E-state index in [-0.39, 0.29) is 6.04 Å². The van der Waals surface area contributed by atoms with Crippen molar-refractivity contribution in [1.29, 1.82) is 5.26 Å². The lowest BCUT2D eigenvalue weighted by atomic mass is 10.1. The van der Waals surface area contributed by atoms with Gasteiger partial charge in [-0.3, -0.25) is 10.00 Å². The molecule has 0 bridgehead atoms. The molecular weight excluding hydrogens is 188 g/mol. The van der Waals surface area contributed by atoms with Crippen molar-refractivity contribution >= 4 is 0 Å². The lowest BCUT2D eigenvalue weighted by molar-refractivity contribution is 0.499. The first-order valence-corrected chi connectivity index (χ1v) is 5.24. The van der Waals surface area contributed by atoms with Gasteiger partial charge in [-0.05, 0) is 20.3 Å². The number of aromatic nitrogens is 2. The standard InChI is InChI=1S/C11H18N4/c1-5-8(2)14-11(6-12)10-7-13-15(4)9(10)3/h7-8,11,14H,5H2,1-4H3. The summed E-state index contributed by atoms with van der Waals surface area (Å²) in [5, 5.41) is 16.5. The molecule has 0 fully saturated rings. The van der Waals surface area contributed by atoms with Crippen LogP contribution in [0.2, 0.25) is 0 Å². The first kappa shape index (κ1) is 11.7. The highest BCUT2D eigenvalue weighted by atomic mass is 15.3. The third-order valence-corrected chi connectivity index (χ3v) is 2.78. The summed E-state index contributed by atoms with van der Waals surface area (Å²) in [6, 6.07) is 2.36. The van der Waals surface area contributed by atoms with Crippen molar-refractivity contribution in [1.82, 2.24) is 15.1 Å². The average Bonchev–Trinajstić information content (AvgIpc) is 2.56. The number of nitrogens with one attached hydrogen (secondary N) is 1. The predicted octanol–water partition coefficient (Wildman–Crippen LogP) is 1.68. The van der Waals surface area contributed by atoms with Crippen LogP contribution in [-0.2, 0) is 7.05 Å². The van der Waals surface area contributed by atoms with Gasteiger partial charge in [-0.1, -0.05) is 6.92 Å². The number of nitriles is 1. The number of hydrogen-bond acceptors (Lipinski definition) is 3. The summed E-state index contributed by atoms with van der Waals surface area (Å²) in [4.78, 5) is 0. The third-order valence-electron chi connectivity index (χ3n) is 2.78. The minimum Gasteiger partial charge on any atom is -0.296 e. The van der Waals surface area contributed by atoms with E-state index in [1.165, 1.54) is 0 Å². The van der Waals surface area contributed by atoms with Crippen LogP contribution in [0, 0.1) is 18.3 Å². The highest BCUT2D eigenvalue weighted by molar-refractivity contribution is 5.25. The Balaban J connectivity index is 2.85. The first-order valence-electron chi connectivity index (χ1n) is 5.24. The second-order valence-corrected chi connectivity index (χ2v) is 3.85. The molecule has 1 aromatic rings. The van der Waals surface area contributed by atoms with Crippen LogP contribution in [0.5, 0.6) is 0 Å². The molecule has 0 radical (unpaired) electrons. The molecule has 0 aliphatic rings. The van der Waals surface area contributed by atoms with Crippen LogP contribution >= 0.6 is 0 Å². The van der Waals surface area contributed by atoms with Gasteiger partial charge < -0.3 is 0 Å². The van der Waals surface area contributed by atoms with Gasteiger partial charge in [-0.25, -0.2) is 0 Å². The van der Waals surface area contributed by atoms with Crippen molar-refractivity contribution in [3.05, 3.63) is 17.5 Å². The monoisotopic (exact) mass is 206 g/mol. The zero-order chi connectivity index (χ0) is 11.4. The Hall–Kier alpha value is -1.34. The van der Waals surface area contributed by atoms with Crippen LogP contribution in [0.1, 0.15) is 37.6 Å². The molecule has 4 heteroatoms. The summed E-state index contributed by atoms with van der Waals surface area (Å²) in [5.74, 6) is 0. The lowest BCUT2D eigenvalue weighted by Gasteiger charge is -2.16. The van der Waals surface area contributed by atoms with Crippen LogP contribution in [-0.4, -0.2) is 15.8 Å². The maximum atomic E-state index is 9.11. The number of nitrogens with zero attached hydrogens (tertiary/aromatic N) is 3. The Morgan fingerprint density at radius 2 is 2.33 bits per heavy atom. The lowest BCUT2D eigenvalue weighted by Crippen LogP contribution is -2.29. The molecule has 1 N–H and O–H groups in total. The van der Waals surface area contributed by atoms with Crippen molar-refractivity contribution in [2.75, 3.05) is 0 Å². The molecule has 0 spiro atoms. The summed E-state index contributed by atoms with van der Waals surface area (Å²) < 4.78 is 1.79. The van der Waals surface area contributed by atoms with Gasteiger partial charge in [0.15, 0.2) is 0 Å². The Bertz CT molecular complexity index is 361. The van der Waals surface area contributed by atoms with E-state index in [2.05, 4.69) is 30.3 Å². The van der Waals surface area contributed by atoms with E-state index in [0.717, 1.165) is 17.7 Å². The van der Waals surface area contributed by atoms with Crippen LogP contribution in [0.15, 0.2) is 6.20 Å². The maximum absolute atomic E-state index is 9.11. The second kappa shape index (κ2) is 4.94. The Morgan fingerprint density at radius 3 is 2.73 bits per heavy atom. The van der Waals surface area contributed by atoms with Crippen molar-refractivity contribution in [3.8, 4) is 6.07 Å². The molecule has 0 amide bonds. The van der Waals surface area contributed by atoms with Gasteiger partial charge in [0, 0.05) is 24.3 Å². The summed E-state index contributed by atoms with van der Waals surface area (Å²) in [7, 11) is 1.89. The zero-order valence-corrected chi connectivity index (χ0v) is 9.78. The minimum absolute atomic E-state index is 0.256. The molecule has 0 saturated heterocycles. The van der Waals surface area contributed by atoms with Gasteiger partial charge in [0.05, 0.1) is 12.3 Å². The van der Waals surface area contributed by atoms with Gasteiger partial charge in [0.25, 0.3) is 0 Å². The Labute approximate surface area is 90.9 Å². The molecule has 0 aromatic carbocycles. The topological polar surface area (TPSA) is 53.6 Å². The van der Waals surface area contributed by atoms with E-state index in [1.54, 1.807) is 10.9 Å². The zero-order valence-electron chi connectivity index (χ0n) is 9.78. The molecule has 4 nitrogen and oxygen atoms in total. The largest absolute Gasteiger partial charge is 0.296 e. The number of rotatable bonds is 4. The third kappa shape index (κ3) is 2.57. The average molecular weight is 206 g/mol. The van der Waals surface area contributed by atoms with Crippen LogP contribution in [0.3, 0.4) is 0 Å². The Morgan fingerprint density at radius 1 is 1.67 bits per heavy atom. The van der Waals surface area contributed by atoms with Crippen molar-refractivity contribution in [2.24, 2.45) is 7.05 Å². The molecule has 15 heavy (non-hydrogen) atoms. The van der Waals surface area contributed by atoms with Crippen molar-refractivity contribution < 1.29 is 0 Å². The number of hydrogen-bond donors (Lipinski definition) is 1. The molecular formula is C11H18N4. The quantitative estimate of drug-likeness (QED) is 0.815. The fourth-order valence-electron chi connectivity index (χ4n) is 1.40. The molecule has 2 unspecified atom stereocenters. The fraction of sp³-hybridized carbons (Fsp3) is 0.636. The summed E-state index contributed by atoms with van der Waals surface area (Å²) in [6.45, 7) is 6.16. The fourth-order valence-corrected chi connectivity index (χ4v) is 1.40. The SMILES string of the molecule is CCC(C)NC(C#N)c1cnn(C)c1C. The number of aryl methyl sites for hydroxylation is 1. The van der Waals surface area contributed by atoms with Crippen molar-refractivity contribution in [3.63, 3.8) is 0 Å². The van der Waals surface area contributed by atoms with Gasteiger partial charge in [-0.15, -0.1) is 0 Å². The highest BCUT2D eigenvalue weighted by Gasteiger charge is 2.17. The molecule has 0 aliphatic carbocycles. The summed E-state index contributed by atoms with van der Waals surface area (Å²) in [6.07, 6.45) is 2.77. The highest BCUT2D eigenvalue weighted by Crippen LogP contribution is 2.16. The van der Waals surface area contributed by atoms with E-state index in [0.29, 0.717) is 6.04 Å². The smallest absolute Gasteiger partial charge is 0.124 e.